The van der Waals surface area contributed by atoms with E-state index in [2.05, 4.69) is 59.4 Å². The smallest absolute Gasteiger partial charge is 0.262 e. The predicted octanol–water partition coefficient (Wildman–Crippen LogP) is 5.05. The van der Waals surface area contributed by atoms with Crippen LogP contribution in [0.1, 0.15) is 53.5 Å². The van der Waals surface area contributed by atoms with Gasteiger partial charge >= 0.3 is 0 Å². The highest BCUT2D eigenvalue weighted by molar-refractivity contribution is 9.10. The molecule has 0 bridgehead atoms. The van der Waals surface area contributed by atoms with Crippen molar-refractivity contribution < 1.29 is 4.79 Å². The van der Waals surface area contributed by atoms with Gasteiger partial charge in [-0.25, -0.2) is 0 Å². The first-order valence-electron chi connectivity index (χ1n) is 7.12. The Balaban J connectivity index is 1.88. The summed E-state index contributed by atoms with van der Waals surface area (Å²) < 4.78 is 0.870. The standard InChI is InChI=1S/C17H18BrNOS/c1-17(2)9-7-14(11-5-3-4-6-12(11)17)19-16(20)15-13(18)8-10-21-15/h3-6,8,10,14H,7,9H2,1-2H3,(H,19,20). The van der Waals surface area contributed by atoms with Gasteiger partial charge in [-0.3, -0.25) is 4.79 Å². The van der Waals surface area contributed by atoms with Gasteiger partial charge in [0.05, 0.1) is 6.04 Å². The number of carbonyl (C=O) groups is 1. The average molecular weight is 364 g/mol. The molecule has 2 aromatic rings. The first kappa shape index (κ1) is 14.8. The molecule has 1 heterocycles. The summed E-state index contributed by atoms with van der Waals surface area (Å²) in [7, 11) is 0. The zero-order chi connectivity index (χ0) is 15.0. The first-order valence-corrected chi connectivity index (χ1v) is 8.79. The Kier molecular flexibility index (Phi) is 3.93. The highest BCUT2D eigenvalue weighted by Crippen LogP contribution is 2.41. The van der Waals surface area contributed by atoms with Crippen LogP contribution in [0.5, 0.6) is 0 Å². The molecule has 1 N–H and O–H groups in total. The van der Waals surface area contributed by atoms with Crippen molar-refractivity contribution in [1.29, 1.82) is 0 Å². The van der Waals surface area contributed by atoms with E-state index in [1.54, 1.807) is 0 Å². The maximum Gasteiger partial charge on any atom is 0.262 e. The Labute approximate surface area is 137 Å². The fourth-order valence-corrected chi connectivity index (χ4v) is 4.50. The van der Waals surface area contributed by atoms with Crippen molar-refractivity contribution in [3.05, 3.63) is 56.2 Å². The Morgan fingerprint density at radius 3 is 2.81 bits per heavy atom. The second-order valence-electron chi connectivity index (χ2n) is 6.13. The number of nitrogens with one attached hydrogen (secondary N) is 1. The molecule has 0 saturated heterocycles. The second kappa shape index (κ2) is 5.58. The van der Waals surface area contributed by atoms with E-state index in [9.17, 15) is 4.79 Å². The van der Waals surface area contributed by atoms with E-state index in [0.29, 0.717) is 0 Å². The van der Waals surface area contributed by atoms with Crippen LogP contribution in [-0.4, -0.2) is 5.91 Å². The molecule has 1 aromatic carbocycles. The SMILES string of the molecule is CC1(C)CCC(NC(=O)c2sccc2Br)c2ccccc21. The predicted molar refractivity (Wildman–Crippen MR) is 90.9 cm³/mol. The van der Waals surface area contributed by atoms with Gasteiger partial charge in [-0.1, -0.05) is 38.1 Å². The Bertz CT molecular complexity index is 677. The third kappa shape index (κ3) is 2.79. The van der Waals surface area contributed by atoms with Crippen LogP contribution < -0.4 is 5.32 Å². The molecule has 3 rings (SSSR count). The van der Waals surface area contributed by atoms with Crippen molar-refractivity contribution in [3.8, 4) is 0 Å². The van der Waals surface area contributed by atoms with E-state index < -0.39 is 0 Å². The van der Waals surface area contributed by atoms with E-state index in [1.807, 2.05) is 11.4 Å². The lowest BCUT2D eigenvalue weighted by molar-refractivity contribution is 0.0933. The molecule has 0 spiro atoms. The third-order valence-corrected chi connectivity index (χ3v) is 6.09. The van der Waals surface area contributed by atoms with Crippen LogP contribution in [0.3, 0.4) is 0 Å². The Morgan fingerprint density at radius 2 is 2.10 bits per heavy atom. The molecule has 2 nitrogen and oxygen atoms in total. The van der Waals surface area contributed by atoms with Crippen molar-refractivity contribution in [2.75, 3.05) is 0 Å². The molecular formula is C17H18BrNOS. The van der Waals surface area contributed by atoms with Crippen LogP contribution in [-0.2, 0) is 5.41 Å². The third-order valence-electron chi connectivity index (χ3n) is 4.25. The van der Waals surface area contributed by atoms with Gasteiger partial charge in [-0.2, -0.15) is 0 Å². The minimum Gasteiger partial charge on any atom is -0.344 e. The van der Waals surface area contributed by atoms with Crippen LogP contribution in [0.4, 0.5) is 0 Å². The van der Waals surface area contributed by atoms with Gasteiger partial charge in [0.1, 0.15) is 4.88 Å². The van der Waals surface area contributed by atoms with Crippen LogP contribution in [0.2, 0.25) is 0 Å². The highest BCUT2D eigenvalue weighted by Gasteiger charge is 2.33. The first-order chi connectivity index (χ1) is 9.99. The zero-order valence-corrected chi connectivity index (χ0v) is 14.6. The summed E-state index contributed by atoms with van der Waals surface area (Å²) in [5, 5.41) is 5.13. The number of benzene rings is 1. The number of thiophene rings is 1. The number of hydrogen-bond donors (Lipinski definition) is 1. The van der Waals surface area contributed by atoms with E-state index in [4.69, 9.17) is 0 Å². The van der Waals surface area contributed by atoms with Crippen LogP contribution >= 0.6 is 27.3 Å². The molecule has 4 heteroatoms. The van der Waals surface area contributed by atoms with Gasteiger partial charge in [0.15, 0.2) is 0 Å². The Hall–Kier alpha value is -1.13. The van der Waals surface area contributed by atoms with E-state index in [0.717, 1.165) is 22.2 Å². The number of rotatable bonds is 2. The van der Waals surface area contributed by atoms with Gasteiger partial charge in [-0.15, -0.1) is 11.3 Å². The van der Waals surface area contributed by atoms with Crippen LogP contribution in [0.15, 0.2) is 40.2 Å². The molecule has 0 fully saturated rings. The monoisotopic (exact) mass is 363 g/mol. The minimum absolute atomic E-state index is 0.0105. The number of hydrogen-bond acceptors (Lipinski definition) is 2. The van der Waals surface area contributed by atoms with E-state index >= 15 is 0 Å². The van der Waals surface area contributed by atoms with Gasteiger partial charge in [0.2, 0.25) is 0 Å². The molecule has 0 saturated carbocycles. The molecule has 1 atom stereocenters. The van der Waals surface area contributed by atoms with Crippen LogP contribution in [0, 0.1) is 0 Å². The lowest BCUT2D eigenvalue weighted by Crippen LogP contribution is -2.35. The molecular weight excluding hydrogens is 346 g/mol. The quantitative estimate of drug-likeness (QED) is 0.794. The molecule has 1 unspecified atom stereocenters. The topological polar surface area (TPSA) is 29.1 Å². The maximum absolute atomic E-state index is 12.4. The number of fused-ring (bicyclic) bond motifs is 1. The molecule has 1 aliphatic rings. The van der Waals surface area contributed by atoms with Crippen molar-refractivity contribution in [2.24, 2.45) is 0 Å². The van der Waals surface area contributed by atoms with Gasteiger partial charge < -0.3 is 5.32 Å². The van der Waals surface area contributed by atoms with Gasteiger partial charge in [0.25, 0.3) is 5.91 Å². The number of halogens is 1. The Morgan fingerprint density at radius 1 is 1.33 bits per heavy atom. The van der Waals surface area contributed by atoms with E-state index in [-0.39, 0.29) is 17.4 Å². The largest absolute Gasteiger partial charge is 0.344 e. The summed E-state index contributed by atoms with van der Waals surface area (Å²) in [6.45, 7) is 4.56. The molecule has 1 aliphatic carbocycles. The summed E-state index contributed by atoms with van der Waals surface area (Å²) in [4.78, 5) is 13.2. The summed E-state index contributed by atoms with van der Waals surface area (Å²) >= 11 is 4.90. The summed E-state index contributed by atoms with van der Waals surface area (Å²) in [6.07, 6.45) is 2.07. The number of carbonyl (C=O) groups excluding carboxylic acids is 1. The van der Waals surface area contributed by atoms with Gasteiger partial charge in [-0.05, 0) is 56.8 Å². The number of amides is 1. The summed E-state index contributed by atoms with van der Waals surface area (Å²) in [5.41, 5.74) is 2.79. The molecule has 110 valence electrons. The van der Waals surface area contributed by atoms with Crippen molar-refractivity contribution in [2.45, 2.75) is 38.1 Å². The normalized spacial score (nSPS) is 19.9. The molecule has 1 aromatic heterocycles. The minimum atomic E-state index is 0.0105. The highest BCUT2D eigenvalue weighted by atomic mass is 79.9. The summed E-state index contributed by atoms with van der Waals surface area (Å²) in [6, 6.07) is 10.5. The fourth-order valence-electron chi connectivity index (χ4n) is 3.04. The molecule has 1 amide bonds. The second-order valence-corrected chi connectivity index (χ2v) is 7.90. The maximum atomic E-state index is 12.4. The zero-order valence-electron chi connectivity index (χ0n) is 12.2. The van der Waals surface area contributed by atoms with Crippen molar-refractivity contribution in [3.63, 3.8) is 0 Å². The van der Waals surface area contributed by atoms with Crippen molar-refractivity contribution in [1.82, 2.24) is 5.32 Å². The van der Waals surface area contributed by atoms with E-state index in [1.165, 1.54) is 22.5 Å². The average Bonchev–Trinajstić information content (AvgIpc) is 2.89. The lowest BCUT2D eigenvalue weighted by atomic mass is 9.71. The molecule has 0 aliphatic heterocycles. The van der Waals surface area contributed by atoms with Crippen LogP contribution in [0.25, 0.3) is 0 Å². The van der Waals surface area contributed by atoms with Crippen molar-refractivity contribution >= 4 is 33.2 Å². The molecule has 0 radical (unpaired) electrons. The fraction of sp³-hybridized carbons (Fsp3) is 0.353. The lowest BCUT2D eigenvalue weighted by Gasteiger charge is -2.37. The summed E-state index contributed by atoms with van der Waals surface area (Å²) in [5.74, 6) is 0.0105. The molecule has 21 heavy (non-hydrogen) atoms. The van der Waals surface area contributed by atoms with Gasteiger partial charge in [0, 0.05) is 4.47 Å².